The lowest BCUT2D eigenvalue weighted by Gasteiger charge is -2.40. The predicted octanol–water partition coefficient (Wildman–Crippen LogP) is 3.52. The van der Waals surface area contributed by atoms with Crippen molar-refractivity contribution in [2.45, 2.75) is 112 Å². The molecule has 3 saturated carbocycles. The second kappa shape index (κ2) is 10.9. The molecule has 0 aromatic carbocycles. The Morgan fingerprint density at radius 1 is 1.07 bits per heavy atom. The number of carbonyl (C=O) groups excluding carboxylic acids is 1. The Morgan fingerprint density at radius 2 is 1.73 bits per heavy atom. The van der Waals surface area contributed by atoms with Gasteiger partial charge in [0, 0.05) is 13.2 Å². The highest BCUT2D eigenvalue weighted by Gasteiger charge is 2.42. The fraction of sp³-hybridized carbons (Fsp3) is 0.952. The van der Waals surface area contributed by atoms with Crippen LogP contribution in [0.3, 0.4) is 0 Å². The normalized spacial score (nSPS) is 34.1. The molecule has 5 unspecified atom stereocenters. The maximum atomic E-state index is 13.6. The minimum Gasteiger partial charge on any atom is -0.380 e. The van der Waals surface area contributed by atoms with Crippen molar-refractivity contribution < 1.29 is 22.3 Å². The maximum Gasteiger partial charge on any atom is 0.235 e. The van der Waals surface area contributed by atoms with Gasteiger partial charge < -0.3 is 10.1 Å². The van der Waals surface area contributed by atoms with E-state index in [0.717, 1.165) is 38.5 Å². The molecule has 9 heteroatoms. The van der Waals surface area contributed by atoms with Gasteiger partial charge in [0.15, 0.2) is 0 Å². The highest BCUT2D eigenvalue weighted by atomic mass is 35.5. The Hall–Kier alpha value is -0.440. The van der Waals surface area contributed by atoms with Gasteiger partial charge in [-0.2, -0.15) is 4.31 Å². The first-order chi connectivity index (χ1) is 14.3. The zero-order valence-corrected chi connectivity index (χ0v) is 19.5. The number of alkyl halides is 2. The molecule has 3 aliphatic rings. The van der Waals surface area contributed by atoms with E-state index in [1.807, 2.05) is 0 Å². The third-order valence-corrected chi connectivity index (χ3v) is 9.82. The van der Waals surface area contributed by atoms with Crippen molar-refractivity contribution in [3.63, 3.8) is 0 Å². The quantitative estimate of drug-likeness (QED) is 0.582. The molecule has 3 rings (SSSR count). The zero-order valence-electron chi connectivity index (χ0n) is 17.9. The number of hydrogen-bond donors (Lipinski definition) is 1. The highest BCUT2D eigenvalue weighted by Crippen LogP contribution is 2.32. The van der Waals surface area contributed by atoms with E-state index in [0.29, 0.717) is 38.5 Å². The van der Waals surface area contributed by atoms with E-state index in [4.69, 9.17) is 16.3 Å². The third-order valence-electron chi connectivity index (χ3n) is 7.00. The topological polar surface area (TPSA) is 75.7 Å². The van der Waals surface area contributed by atoms with Crippen molar-refractivity contribution in [1.29, 1.82) is 0 Å². The first-order valence-electron chi connectivity index (χ1n) is 11.4. The molecule has 0 spiro atoms. The molecule has 3 fully saturated rings. The van der Waals surface area contributed by atoms with E-state index in [-0.39, 0.29) is 30.6 Å². The van der Waals surface area contributed by atoms with Crippen molar-refractivity contribution in [3.05, 3.63) is 0 Å². The van der Waals surface area contributed by atoms with Crippen LogP contribution in [0.25, 0.3) is 0 Å². The molecule has 0 heterocycles. The summed E-state index contributed by atoms with van der Waals surface area (Å²) < 4.78 is 47.9. The van der Waals surface area contributed by atoms with Crippen molar-refractivity contribution in [3.8, 4) is 0 Å². The summed E-state index contributed by atoms with van der Waals surface area (Å²) in [4.78, 5) is 12.9. The molecule has 0 aromatic rings. The number of methoxy groups -OCH3 is 1. The molecule has 30 heavy (non-hydrogen) atoms. The van der Waals surface area contributed by atoms with Crippen molar-refractivity contribution in [2.24, 2.45) is 0 Å². The molecule has 6 nitrogen and oxygen atoms in total. The number of nitrogens with one attached hydrogen (secondary N) is 1. The molecule has 0 radical (unpaired) electrons. The van der Waals surface area contributed by atoms with E-state index in [2.05, 4.69) is 5.32 Å². The Balaban J connectivity index is 1.74. The molecule has 5 atom stereocenters. The van der Waals surface area contributed by atoms with Gasteiger partial charge in [-0.15, -0.1) is 11.6 Å². The smallest absolute Gasteiger partial charge is 0.235 e. The SMILES string of the molecule is COC1CCCCC1N(CC(=O)NC1CCC(F)C(Cl)C1)S(=O)(=O)C1CCCCC1. The number of sulfonamides is 1. The van der Waals surface area contributed by atoms with Crippen LogP contribution in [0.5, 0.6) is 0 Å². The van der Waals surface area contributed by atoms with Gasteiger partial charge in [-0.05, 0) is 44.9 Å². The molecule has 0 saturated heterocycles. The van der Waals surface area contributed by atoms with Gasteiger partial charge in [0.25, 0.3) is 0 Å². The second-order valence-corrected chi connectivity index (χ2v) is 11.8. The number of hydrogen-bond acceptors (Lipinski definition) is 4. The van der Waals surface area contributed by atoms with Crippen LogP contribution < -0.4 is 5.32 Å². The molecule has 174 valence electrons. The highest BCUT2D eigenvalue weighted by molar-refractivity contribution is 7.89. The maximum absolute atomic E-state index is 13.6. The Bertz CT molecular complexity index is 674. The molecular weight excluding hydrogens is 431 g/mol. The van der Waals surface area contributed by atoms with E-state index in [9.17, 15) is 17.6 Å². The molecule has 0 aromatic heterocycles. The van der Waals surface area contributed by atoms with Gasteiger partial charge in [0.1, 0.15) is 6.17 Å². The van der Waals surface area contributed by atoms with Crippen molar-refractivity contribution >= 4 is 27.5 Å². The molecule has 3 aliphatic carbocycles. The Labute approximate surface area is 185 Å². The number of amides is 1. The molecular formula is C21H36ClFN2O4S. The van der Waals surface area contributed by atoms with Gasteiger partial charge in [-0.1, -0.05) is 32.1 Å². The van der Waals surface area contributed by atoms with Crippen molar-refractivity contribution in [2.75, 3.05) is 13.7 Å². The average molecular weight is 467 g/mol. The van der Waals surface area contributed by atoms with Crippen LogP contribution in [-0.4, -0.2) is 67.3 Å². The summed E-state index contributed by atoms with van der Waals surface area (Å²) in [6.07, 6.45) is 7.58. The van der Waals surface area contributed by atoms with Gasteiger partial charge in [-0.25, -0.2) is 12.8 Å². The molecule has 0 bridgehead atoms. The fourth-order valence-corrected chi connectivity index (χ4v) is 7.83. The summed E-state index contributed by atoms with van der Waals surface area (Å²) in [6, 6.07) is -0.528. The lowest BCUT2D eigenvalue weighted by atomic mass is 9.92. The Kier molecular flexibility index (Phi) is 8.82. The van der Waals surface area contributed by atoms with Crippen LogP contribution >= 0.6 is 11.6 Å². The summed E-state index contributed by atoms with van der Waals surface area (Å²) >= 11 is 6.04. The number of rotatable bonds is 7. The lowest BCUT2D eigenvalue weighted by Crippen LogP contribution is -2.56. The number of halogens is 2. The minimum absolute atomic E-state index is 0.195. The summed E-state index contributed by atoms with van der Waals surface area (Å²) in [5.74, 6) is -0.332. The Morgan fingerprint density at radius 3 is 2.40 bits per heavy atom. The van der Waals surface area contributed by atoms with Gasteiger partial charge in [-0.3, -0.25) is 4.79 Å². The molecule has 1 N–H and O–H groups in total. The van der Waals surface area contributed by atoms with E-state index in [1.165, 1.54) is 4.31 Å². The van der Waals surface area contributed by atoms with Crippen LogP contribution in [0.2, 0.25) is 0 Å². The molecule has 1 amide bonds. The van der Waals surface area contributed by atoms with Crippen LogP contribution in [-0.2, 0) is 19.6 Å². The predicted molar refractivity (Wildman–Crippen MR) is 116 cm³/mol. The van der Waals surface area contributed by atoms with Crippen LogP contribution in [0, 0.1) is 0 Å². The summed E-state index contributed by atoms with van der Waals surface area (Å²) in [6.45, 7) is -0.203. The van der Waals surface area contributed by atoms with Crippen LogP contribution in [0.1, 0.15) is 77.0 Å². The summed E-state index contributed by atoms with van der Waals surface area (Å²) in [7, 11) is -2.00. The van der Waals surface area contributed by atoms with E-state index < -0.39 is 26.8 Å². The first kappa shape index (κ1) is 24.2. The minimum atomic E-state index is -3.62. The third kappa shape index (κ3) is 5.87. The van der Waals surface area contributed by atoms with Gasteiger partial charge in [0.2, 0.25) is 15.9 Å². The summed E-state index contributed by atoms with van der Waals surface area (Å²) in [5.41, 5.74) is 0. The van der Waals surface area contributed by atoms with E-state index in [1.54, 1.807) is 7.11 Å². The van der Waals surface area contributed by atoms with Gasteiger partial charge >= 0.3 is 0 Å². The lowest BCUT2D eigenvalue weighted by molar-refractivity contribution is -0.123. The summed E-state index contributed by atoms with van der Waals surface area (Å²) in [5, 5.41) is 1.88. The number of nitrogens with zero attached hydrogens (tertiary/aromatic N) is 1. The largest absolute Gasteiger partial charge is 0.380 e. The van der Waals surface area contributed by atoms with Gasteiger partial charge in [0.05, 0.1) is 29.3 Å². The average Bonchev–Trinajstić information content (AvgIpc) is 2.75. The fourth-order valence-electron chi connectivity index (χ4n) is 5.26. The first-order valence-corrected chi connectivity index (χ1v) is 13.4. The van der Waals surface area contributed by atoms with Crippen LogP contribution in [0.4, 0.5) is 4.39 Å². The van der Waals surface area contributed by atoms with E-state index >= 15 is 0 Å². The van der Waals surface area contributed by atoms with Crippen molar-refractivity contribution in [1.82, 2.24) is 9.62 Å². The number of carbonyl (C=O) groups is 1. The molecule has 0 aliphatic heterocycles. The standard InChI is InChI=1S/C21H36ClFN2O4S/c1-29-20-10-6-5-9-19(20)25(30(27,28)16-7-3-2-4-8-16)14-21(26)24-15-11-12-18(23)17(22)13-15/h15-20H,2-14H2,1H3,(H,24,26). The monoisotopic (exact) mass is 466 g/mol. The number of ether oxygens (including phenoxy) is 1. The van der Waals surface area contributed by atoms with Crippen LogP contribution in [0.15, 0.2) is 0 Å². The zero-order chi connectivity index (χ0) is 21.7. The second-order valence-electron chi connectivity index (χ2n) is 9.09.